The van der Waals surface area contributed by atoms with Crippen LogP contribution in [-0.2, 0) is 10.2 Å². The van der Waals surface area contributed by atoms with Crippen molar-refractivity contribution < 1.29 is 8.42 Å². The van der Waals surface area contributed by atoms with Gasteiger partial charge in [0.05, 0.1) is 6.04 Å². The largest absolute Gasteiger partial charge is 0.386 e. The Hall–Kier alpha value is -0.700. The van der Waals surface area contributed by atoms with E-state index in [1.807, 2.05) is 11.8 Å². The number of piperazine rings is 1. The number of rotatable bonds is 3. The van der Waals surface area contributed by atoms with E-state index in [2.05, 4.69) is 0 Å². The summed E-state index contributed by atoms with van der Waals surface area (Å²) in [5.41, 5.74) is 5.37. The van der Waals surface area contributed by atoms with Crippen molar-refractivity contribution in [1.29, 1.82) is 5.41 Å². The summed E-state index contributed by atoms with van der Waals surface area (Å²) in [7, 11) is -3.57. The van der Waals surface area contributed by atoms with Crippen molar-refractivity contribution in [3.05, 3.63) is 0 Å². The summed E-state index contributed by atoms with van der Waals surface area (Å²) in [4.78, 5) is 1.96. The first-order valence-electron chi connectivity index (χ1n) is 4.68. The standard InChI is InChI=1S/C7H17N5O2S/c1-6(7(8)9)11-2-4-12(5-3-11)15(10,13)14/h6H,2-5H2,1H3,(H3,8,9)(H2,10,13,14). The van der Waals surface area contributed by atoms with Gasteiger partial charge < -0.3 is 5.73 Å². The zero-order chi connectivity index (χ0) is 11.6. The highest BCUT2D eigenvalue weighted by Gasteiger charge is 2.26. The molecule has 0 amide bonds. The molecule has 0 saturated carbocycles. The quantitative estimate of drug-likeness (QED) is 0.392. The van der Waals surface area contributed by atoms with Crippen molar-refractivity contribution in [2.24, 2.45) is 10.9 Å². The zero-order valence-electron chi connectivity index (χ0n) is 8.68. The summed E-state index contributed by atoms with van der Waals surface area (Å²) in [6, 6.07) is -0.146. The second-order valence-corrected chi connectivity index (χ2v) is 5.16. The number of hydrogen-bond acceptors (Lipinski definition) is 4. The lowest BCUT2D eigenvalue weighted by Crippen LogP contribution is -2.55. The molecule has 1 unspecified atom stereocenters. The van der Waals surface area contributed by atoms with Gasteiger partial charge in [0.25, 0.3) is 10.2 Å². The maximum atomic E-state index is 11.0. The molecule has 0 aromatic heterocycles. The van der Waals surface area contributed by atoms with Gasteiger partial charge in [-0.2, -0.15) is 12.7 Å². The molecular formula is C7H17N5O2S. The van der Waals surface area contributed by atoms with Crippen molar-refractivity contribution in [3.63, 3.8) is 0 Å². The van der Waals surface area contributed by atoms with Crippen LogP contribution in [0, 0.1) is 5.41 Å². The monoisotopic (exact) mass is 235 g/mol. The van der Waals surface area contributed by atoms with Crippen molar-refractivity contribution in [3.8, 4) is 0 Å². The number of nitrogens with one attached hydrogen (secondary N) is 1. The van der Waals surface area contributed by atoms with Crippen molar-refractivity contribution >= 4 is 16.0 Å². The van der Waals surface area contributed by atoms with Crippen LogP contribution < -0.4 is 10.9 Å². The van der Waals surface area contributed by atoms with E-state index in [9.17, 15) is 8.42 Å². The highest BCUT2D eigenvalue weighted by molar-refractivity contribution is 7.86. The molecule has 0 spiro atoms. The minimum absolute atomic E-state index is 0.0963. The van der Waals surface area contributed by atoms with Crippen LogP contribution in [0.3, 0.4) is 0 Å². The van der Waals surface area contributed by atoms with Gasteiger partial charge in [0.15, 0.2) is 0 Å². The number of amidine groups is 1. The molecular weight excluding hydrogens is 218 g/mol. The molecule has 1 fully saturated rings. The van der Waals surface area contributed by atoms with Crippen LogP contribution >= 0.6 is 0 Å². The summed E-state index contributed by atoms with van der Waals surface area (Å²) in [6.07, 6.45) is 0. The third-order valence-electron chi connectivity index (χ3n) is 2.63. The van der Waals surface area contributed by atoms with E-state index in [4.69, 9.17) is 16.3 Å². The number of nitrogens with two attached hydrogens (primary N) is 2. The molecule has 0 aromatic rings. The molecule has 88 valence electrons. The van der Waals surface area contributed by atoms with E-state index >= 15 is 0 Å². The summed E-state index contributed by atoms with van der Waals surface area (Å²) < 4.78 is 23.3. The Morgan fingerprint density at radius 3 is 2.13 bits per heavy atom. The van der Waals surface area contributed by atoms with Crippen LogP contribution in [0.4, 0.5) is 0 Å². The Labute approximate surface area is 89.7 Å². The second kappa shape index (κ2) is 4.44. The van der Waals surface area contributed by atoms with Gasteiger partial charge in [-0.05, 0) is 6.92 Å². The molecule has 8 heteroatoms. The van der Waals surface area contributed by atoms with Gasteiger partial charge in [0.2, 0.25) is 0 Å². The van der Waals surface area contributed by atoms with Gasteiger partial charge in [0, 0.05) is 26.2 Å². The predicted molar refractivity (Wildman–Crippen MR) is 57.6 cm³/mol. The first kappa shape index (κ1) is 12.4. The molecule has 1 rings (SSSR count). The molecule has 5 N–H and O–H groups in total. The van der Waals surface area contributed by atoms with E-state index in [0.29, 0.717) is 26.2 Å². The van der Waals surface area contributed by atoms with Crippen LogP contribution in [0.15, 0.2) is 0 Å². The van der Waals surface area contributed by atoms with Crippen LogP contribution in [0.5, 0.6) is 0 Å². The molecule has 0 radical (unpaired) electrons. The average molecular weight is 235 g/mol. The maximum Gasteiger partial charge on any atom is 0.276 e. The molecule has 1 aliphatic rings. The van der Waals surface area contributed by atoms with Crippen LogP contribution in [0.25, 0.3) is 0 Å². The fraction of sp³-hybridized carbons (Fsp3) is 0.857. The SMILES string of the molecule is CC(C(=N)N)N1CCN(S(N)(=O)=O)CC1. The van der Waals surface area contributed by atoms with Gasteiger partial charge in [-0.3, -0.25) is 10.3 Å². The van der Waals surface area contributed by atoms with Crippen molar-refractivity contribution in [2.45, 2.75) is 13.0 Å². The van der Waals surface area contributed by atoms with Crippen LogP contribution in [0.1, 0.15) is 6.92 Å². The van der Waals surface area contributed by atoms with Crippen molar-refractivity contribution in [1.82, 2.24) is 9.21 Å². The summed E-state index contributed by atoms with van der Waals surface area (Å²) in [5, 5.41) is 12.3. The fourth-order valence-corrected chi connectivity index (χ4v) is 2.21. The molecule has 0 aromatic carbocycles. The maximum absolute atomic E-state index is 11.0. The van der Waals surface area contributed by atoms with E-state index in [1.165, 1.54) is 4.31 Å². The second-order valence-electron chi connectivity index (χ2n) is 3.61. The average Bonchev–Trinajstić information content (AvgIpc) is 2.15. The lowest BCUT2D eigenvalue weighted by molar-refractivity contribution is 0.173. The van der Waals surface area contributed by atoms with E-state index < -0.39 is 10.2 Å². The molecule has 1 aliphatic heterocycles. The van der Waals surface area contributed by atoms with Gasteiger partial charge in [0.1, 0.15) is 5.84 Å². The Morgan fingerprint density at radius 2 is 1.80 bits per heavy atom. The van der Waals surface area contributed by atoms with Crippen LogP contribution in [0.2, 0.25) is 0 Å². The molecule has 0 aliphatic carbocycles. The highest BCUT2D eigenvalue weighted by Crippen LogP contribution is 2.07. The molecule has 7 nitrogen and oxygen atoms in total. The predicted octanol–water partition coefficient (Wildman–Crippen LogP) is -1.87. The number of nitrogens with zero attached hydrogens (tertiary/aromatic N) is 2. The summed E-state index contributed by atoms with van der Waals surface area (Å²) in [5.74, 6) is 0.0963. The first-order valence-corrected chi connectivity index (χ1v) is 6.18. The van der Waals surface area contributed by atoms with Gasteiger partial charge in [-0.15, -0.1) is 0 Å². The molecule has 0 bridgehead atoms. The molecule has 1 heterocycles. The lowest BCUT2D eigenvalue weighted by atomic mass is 10.2. The topological polar surface area (TPSA) is 117 Å². The zero-order valence-corrected chi connectivity index (χ0v) is 9.50. The van der Waals surface area contributed by atoms with E-state index in [1.54, 1.807) is 0 Å². The van der Waals surface area contributed by atoms with Gasteiger partial charge in [-0.25, -0.2) is 5.14 Å². The number of hydrogen-bond donors (Lipinski definition) is 3. The Balaban J connectivity index is 2.53. The van der Waals surface area contributed by atoms with Gasteiger partial charge in [-0.1, -0.05) is 0 Å². The Bertz CT molecular complexity index is 333. The van der Waals surface area contributed by atoms with Crippen molar-refractivity contribution in [2.75, 3.05) is 26.2 Å². The minimum Gasteiger partial charge on any atom is -0.386 e. The first-order chi connectivity index (χ1) is 6.82. The van der Waals surface area contributed by atoms with Crippen LogP contribution in [-0.4, -0.2) is 55.7 Å². The minimum atomic E-state index is -3.57. The van der Waals surface area contributed by atoms with E-state index in [-0.39, 0.29) is 11.9 Å². The molecule has 15 heavy (non-hydrogen) atoms. The molecule has 1 atom stereocenters. The smallest absolute Gasteiger partial charge is 0.276 e. The highest BCUT2D eigenvalue weighted by atomic mass is 32.2. The Kier molecular flexibility index (Phi) is 3.66. The third-order valence-corrected chi connectivity index (χ3v) is 3.72. The van der Waals surface area contributed by atoms with E-state index in [0.717, 1.165) is 0 Å². The normalized spacial score (nSPS) is 22.5. The molecule has 1 saturated heterocycles. The Morgan fingerprint density at radius 1 is 1.33 bits per heavy atom. The van der Waals surface area contributed by atoms with Gasteiger partial charge >= 0.3 is 0 Å². The summed E-state index contributed by atoms with van der Waals surface area (Å²) >= 11 is 0. The third kappa shape index (κ3) is 3.13. The fourth-order valence-electron chi connectivity index (χ4n) is 1.54. The summed E-state index contributed by atoms with van der Waals surface area (Å²) in [6.45, 7) is 3.65. The lowest BCUT2D eigenvalue weighted by Gasteiger charge is -2.36.